The maximum absolute atomic E-state index is 6.71. The summed E-state index contributed by atoms with van der Waals surface area (Å²) in [5.41, 5.74) is 7.53. The number of hydrogen-bond donors (Lipinski definition) is 0. The summed E-state index contributed by atoms with van der Waals surface area (Å²) in [4.78, 5) is 15.5. The Labute approximate surface area is 320 Å². The second-order valence-electron chi connectivity index (χ2n) is 14.4. The minimum atomic E-state index is 0.572. The smallest absolute Gasteiger partial charge is 0.164 e. The topological polar surface area (TPSA) is 56.7 Å². The summed E-state index contributed by atoms with van der Waals surface area (Å²) in [5, 5.41) is 11.6. The lowest BCUT2D eigenvalue weighted by atomic mass is 10.0. The molecule has 0 saturated carbocycles. The molecule has 0 aliphatic rings. The molecule has 3 heterocycles. The largest absolute Gasteiger partial charge is 0.456 e. The molecule has 0 aliphatic heterocycles. The Morgan fingerprint density at radius 1 is 0.339 bits per heavy atom. The molecule has 3 aromatic heterocycles. The average molecular weight is 715 g/mol. The van der Waals surface area contributed by atoms with Gasteiger partial charge in [-0.25, -0.2) is 15.0 Å². The molecule has 0 atom stereocenters. The molecular weight excluding hydrogens is 685 g/mol. The molecule has 0 N–H and O–H groups in total. The second-order valence-corrected chi connectivity index (χ2v) is 14.4. The van der Waals surface area contributed by atoms with Gasteiger partial charge in [0.15, 0.2) is 17.5 Å². The van der Waals surface area contributed by atoms with E-state index in [1.54, 1.807) is 0 Å². The van der Waals surface area contributed by atoms with Gasteiger partial charge >= 0.3 is 0 Å². The average Bonchev–Trinajstić information content (AvgIpc) is 3.80. The van der Waals surface area contributed by atoms with Gasteiger partial charge in [-0.05, 0) is 74.8 Å². The molecule has 0 spiro atoms. The SMILES string of the molecule is c1ccc(-c2nc(-c3ccc4ccccc4c3)nc(-c3cc(-n4c5cc6ccccc6cc5c5c6ccccc6ccc54)c4c(c3)oc3ccccc34)n2)cc1. The molecule has 5 nitrogen and oxygen atoms in total. The number of furan rings is 1. The van der Waals surface area contributed by atoms with Gasteiger partial charge in [0.05, 0.1) is 22.1 Å². The zero-order valence-electron chi connectivity index (χ0n) is 30.0. The minimum Gasteiger partial charge on any atom is -0.456 e. The first-order valence-corrected chi connectivity index (χ1v) is 18.8. The Morgan fingerprint density at radius 2 is 0.946 bits per heavy atom. The van der Waals surface area contributed by atoms with Crippen LogP contribution >= 0.6 is 0 Å². The van der Waals surface area contributed by atoms with Gasteiger partial charge in [0.1, 0.15) is 11.2 Å². The number of benzene rings is 9. The predicted octanol–water partition coefficient (Wildman–Crippen LogP) is 13.3. The van der Waals surface area contributed by atoms with Crippen LogP contribution in [0.5, 0.6) is 0 Å². The molecule has 12 aromatic rings. The summed E-state index contributed by atoms with van der Waals surface area (Å²) in [7, 11) is 0. The van der Waals surface area contributed by atoms with Gasteiger partial charge < -0.3 is 8.98 Å². The van der Waals surface area contributed by atoms with Crippen LogP contribution in [0.2, 0.25) is 0 Å². The van der Waals surface area contributed by atoms with E-state index in [1.807, 2.05) is 42.5 Å². The molecule has 0 radical (unpaired) electrons. The van der Waals surface area contributed by atoms with E-state index >= 15 is 0 Å². The lowest BCUT2D eigenvalue weighted by Gasteiger charge is -2.14. The maximum Gasteiger partial charge on any atom is 0.164 e. The first-order chi connectivity index (χ1) is 27.7. The first-order valence-electron chi connectivity index (χ1n) is 18.8. The normalized spacial score (nSPS) is 11.9. The fraction of sp³-hybridized carbons (Fsp3) is 0. The highest BCUT2D eigenvalue weighted by Crippen LogP contribution is 2.43. The van der Waals surface area contributed by atoms with Crippen molar-refractivity contribution in [1.82, 2.24) is 19.5 Å². The lowest BCUT2D eigenvalue weighted by molar-refractivity contribution is 0.669. The molecule has 5 heteroatoms. The van der Waals surface area contributed by atoms with Crippen molar-refractivity contribution in [3.63, 3.8) is 0 Å². The minimum absolute atomic E-state index is 0.572. The maximum atomic E-state index is 6.71. The number of fused-ring (bicyclic) bond motifs is 10. The van der Waals surface area contributed by atoms with Crippen LogP contribution in [-0.2, 0) is 0 Å². The highest BCUT2D eigenvalue weighted by Gasteiger charge is 2.22. The molecule has 0 unspecified atom stereocenters. The van der Waals surface area contributed by atoms with Crippen LogP contribution < -0.4 is 0 Å². The van der Waals surface area contributed by atoms with E-state index < -0.39 is 0 Å². The van der Waals surface area contributed by atoms with Crippen LogP contribution in [0.1, 0.15) is 0 Å². The summed E-state index contributed by atoms with van der Waals surface area (Å²) in [6, 6.07) is 64.0. The summed E-state index contributed by atoms with van der Waals surface area (Å²) in [6.45, 7) is 0. The van der Waals surface area contributed by atoms with Gasteiger partial charge in [-0.3, -0.25) is 0 Å². The van der Waals surface area contributed by atoms with Gasteiger partial charge in [-0.2, -0.15) is 0 Å². The van der Waals surface area contributed by atoms with E-state index in [9.17, 15) is 0 Å². The number of aromatic nitrogens is 4. The van der Waals surface area contributed by atoms with Gasteiger partial charge in [-0.15, -0.1) is 0 Å². The van der Waals surface area contributed by atoms with Crippen LogP contribution in [0.3, 0.4) is 0 Å². The van der Waals surface area contributed by atoms with Crippen molar-refractivity contribution in [2.75, 3.05) is 0 Å². The molecule has 0 aliphatic carbocycles. The molecule has 0 amide bonds. The van der Waals surface area contributed by atoms with Crippen molar-refractivity contribution >= 4 is 76.1 Å². The van der Waals surface area contributed by atoms with Crippen LogP contribution in [0.25, 0.3) is 116 Å². The van der Waals surface area contributed by atoms with Crippen molar-refractivity contribution < 1.29 is 4.42 Å². The van der Waals surface area contributed by atoms with Gasteiger partial charge in [0, 0.05) is 32.8 Å². The quantitative estimate of drug-likeness (QED) is 0.182. The Hall–Kier alpha value is -7.63. The molecule has 0 bridgehead atoms. The van der Waals surface area contributed by atoms with Gasteiger partial charge in [0.25, 0.3) is 0 Å². The van der Waals surface area contributed by atoms with Crippen LogP contribution in [0.4, 0.5) is 0 Å². The highest BCUT2D eigenvalue weighted by atomic mass is 16.3. The molecule has 0 fully saturated rings. The second kappa shape index (κ2) is 11.9. The van der Waals surface area contributed by atoms with Crippen LogP contribution in [0.15, 0.2) is 186 Å². The highest BCUT2D eigenvalue weighted by molar-refractivity contribution is 6.24. The van der Waals surface area contributed by atoms with Crippen molar-refractivity contribution in [3.8, 4) is 39.9 Å². The number of rotatable bonds is 4. The Kier molecular flexibility index (Phi) is 6.56. The number of nitrogens with zero attached hydrogens (tertiary/aromatic N) is 4. The molecular formula is C51H30N4O. The summed E-state index contributed by atoms with van der Waals surface area (Å²) < 4.78 is 9.13. The fourth-order valence-electron chi connectivity index (χ4n) is 8.55. The number of para-hydroxylation sites is 1. The summed E-state index contributed by atoms with van der Waals surface area (Å²) in [6.07, 6.45) is 0. The van der Waals surface area contributed by atoms with Crippen LogP contribution in [0, 0.1) is 0 Å². The first kappa shape index (κ1) is 30.8. The van der Waals surface area contributed by atoms with E-state index in [2.05, 4.69) is 144 Å². The van der Waals surface area contributed by atoms with E-state index in [0.29, 0.717) is 17.5 Å². The summed E-state index contributed by atoms with van der Waals surface area (Å²) in [5.74, 6) is 1.79. The molecule has 9 aromatic carbocycles. The molecule has 12 rings (SSSR count). The third-order valence-corrected chi connectivity index (χ3v) is 11.2. The van der Waals surface area contributed by atoms with Crippen molar-refractivity contribution in [2.45, 2.75) is 0 Å². The van der Waals surface area contributed by atoms with Crippen LogP contribution in [-0.4, -0.2) is 19.5 Å². The molecule has 56 heavy (non-hydrogen) atoms. The Balaban J connectivity index is 1.20. The van der Waals surface area contributed by atoms with Gasteiger partial charge in [-0.1, -0.05) is 140 Å². The zero-order chi connectivity index (χ0) is 36.7. The fourth-order valence-corrected chi connectivity index (χ4v) is 8.55. The monoisotopic (exact) mass is 714 g/mol. The third-order valence-electron chi connectivity index (χ3n) is 11.2. The third kappa shape index (κ3) is 4.71. The lowest BCUT2D eigenvalue weighted by Crippen LogP contribution is -2.01. The van der Waals surface area contributed by atoms with E-state index in [1.165, 1.54) is 37.7 Å². The molecule has 0 saturated heterocycles. The predicted molar refractivity (Wildman–Crippen MR) is 230 cm³/mol. The van der Waals surface area contributed by atoms with E-state index in [4.69, 9.17) is 19.4 Å². The van der Waals surface area contributed by atoms with E-state index in [-0.39, 0.29) is 0 Å². The number of hydrogen-bond acceptors (Lipinski definition) is 4. The van der Waals surface area contributed by atoms with Crippen molar-refractivity contribution in [2.24, 2.45) is 0 Å². The molecule has 260 valence electrons. The zero-order valence-corrected chi connectivity index (χ0v) is 30.0. The van der Waals surface area contributed by atoms with E-state index in [0.717, 1.165) is 60.7 Å². The Bertz CT molecular complexity index is 3540. The van der Waals surface area contributed by atoms with Crippen molar-refractivity contribution in [3.05, 3.63) is 182 Å². The Morgan fingerprint density at radius 3 is 1.75 bits per heavy atom. The van der Waals surface area contributed by atoms with Crippen molar-refractivity contribution in [1.29, 1.82) is 0 Å². The standard InChI is InChI=1S/C51H30N4O/c1-2-14-33(15-3-1)49-52-50(37-23-22-31-12-4-5-16-34(31)26-37)54-51(53-49)38-29-44(48-40-20-10-11-21-45(40)56-46(48)30-38)55-42-25-24-32-13-8-9-19-39(32)47(42)41-27-35-17-6-7-18-36(35)28-43(41)55/h1-30H. The summed E-state index contributed by atoms with van der Waals surface area (Å²) >= 11 is 0. The van der Waals surface area contributed by atoms with Gasteiger partial charge in [0.2, 0.25) is 0 Å².